The third-order valence-corrected chi connectivity index (χ3v) is 6.29. The van der Waals surface area contributed by atoms with Gasteiger partial charge in [-0.25, -0.2) is 17.8 Å². The van der Waals surface area contributed by atoms with Crippen molar-refractivity contribution in [3.05, 3.63) is 36.4 Å². The van der Waals surface area contributed by atoms with Crippen molar-refractivity contribution in [2.24, 2.45) is 0 Å². The summed E-state index contributed by atoms with van der Waals surface area (Å²) in [4.78, 5) is 24.7. The SMILES string of the molecule is CCCC(=O)N[C@H]1CS(=O)(=O)C[C@H]1n1ccnc1-c1ccc(F)cc1OC.O=CO. The maximum atomic E-state index is 13.5. The molecule has 0 spiro atoms. The molecule has 0 saturated carbocycles. The first-order valence-corrected chi connectivity index (χ1v) is 11.0. The normalized spacial score (nSPS) is 19.4. The Bertz CT molecular complexity index is 992. The van der Waals surface area contributed by atoms with Gasteiger partial charge in [-0.15, -0.1) is 0 Å². The molecular formula is C19H24FN3O6S. The van der Waals surface area contributed by atoms with Crippen LogP contribution in [-0.4, -0.2) is 60.1 Å². The van der Waals surface area contributed by atoms with E-state index in [1.807, 2.05) is 6.92 Å². The van der Waals surface area contributed by atoms with Crippen LogP contribution in [0.2, 0.25) is 0 Å². The van der Waals surface area contributed by atoms with Crippen LogP contribution in [0.15, 0.2) is 30.6 Å². The standard InChI is InChI=1S/C18H22FN3O4S.CH2O2/c1-3-4-17(23)21-14-10-27(24,25)11-15(14)22-8-7-20-18(22)13-6-5-12(19)9-16(13)26-2;2-1-3/h5-9,14-15H,3-4,10-11H2,1-2H3,(H,21,23);1H,(H,2,3)/t14-,15+;/m0./s1. The number of nitrogens with one attached hydrogen (secondary N) is 1. The van der Waals surface area contributed by atoms with Crippen LogP contribution in [0, 0.1) is 5.82 Å². The number of carbonyl (C=O) groups excluding carboxylic acids is 1. The Hall–Kier alpha value is -2.95. The molecule has 0 bridgehead atoms. The quantitative estimate of drug-likeness (QED) is 0.653. The van der Waals surface area contributed by atoms with Crippen LogP contribution in [-0.2, 0) is 19.4 Å². The van der Waals surface area contributed by atoms with Crippen molar-refractivity contribution in [1.82, 2.24) is 14.9 Å². The fourth-order valence-electron chi connectivity index (χ4n) is 3.39. The van der Waals surface area contributed by atoms with E-state index in [4.69, 9.17) is 14.6 Å². The molecule has 9 nitrogen and oxygen atoms in total. The van der Waals surface area contributed by atoms with E-state index in [0.29, 0.717) is 30.0 Å². The molecule has 0 aliphatic carbocycles. The van der Waals surface area contributed by atoms with Crippen molar-refractivity contribution in [3.8, 4) is 17.1 Å². The number of hydrogen-bond acceptors (Lipinski definition) is 6. The van der Waals surface area contributed by atoms with Crippen LogP contribution in [0.1, 0.15) is 25.8 Å². The first-order valence-electron chi connectivity index (χ1n) is 9.20. The Kier molecular flexibility index (Phi) is 7.93. The Labute approximate surface area is 173 Å². The summed E-state index contributed by atoms with van der Waals surface area (Å²) in [6.07, 6.45) is 4.24. The number of amides is 1. The molecule has 1 fully saturated rings. The third kappa shape index (κ3) is 5.56. The van der Waals surface area contributed by atoms with Crippen LogP contribution >= 0.6 is 0 Å². The average molecular weight is 441 g/mol. The number of sulfone groups is 1. The van der Waals surface area contributed by atoms with Crippen LogP contribution in [0.3, 0.4) is 0 Å². The second kappa shape index (κ2) is 10.2. The molecule has 1 aliphatic rings. The molecule has 2 N–H and O–H groups in total. The van der Waals surface area contributed by atoms with Gasteiger partial charge >= 0.3 is 0 Å². The lowest BCUT2D eigenvalue weighted by Gasteiger charge is -2.23. The maximum absolute atomic E-state index is 13.5. The van der Waals surface area contributed by atoms with Crippen molar-refractivity contribution >= 4 is 22.2 Å². The predicted octanol–water partition coefficient (Wildman–Crippen LogP) is 1.65. The van der Waals surface area contributed by atoms with Crippen molar-refractivity contribution in [2.45, 2.75) is 31.8 Å². The van der Waals surface area contributed by atoms with Gasteiger partial charge in [0.15, 0.2) is 9.84 Å². The number of imidazole rings is 1. The largest absolute Gasteiger partial charge is 0.496 e. The molecule has 1 aromatic heterocycles. The Morgan fingerprint density at radius 2 is 2.13 bits per heavy atom. The Morgan fingerprint density at radius 1 is 1.43 bits per heavy atom. The summed E-state index contributed by atoms with van der Waals surface area (Å²) < 4.78 is 45.0. The molecule has 2 aromatic rings. The molecule has 1 amide bonds. The zero-order chi connectivity index (χ0) is 22.3. The van der Waals surface area contributed by atoms with Gasteiger partial charge in [-0.1, -0.05) is 6.92 Å². The number of benzene rings is 1. The smallest absolute Gasteiger partial charge is 0.290 e. The van der Waals surface area contributed by atoms with E-state index in [9.17, 15) is 17.6 Å². The highest BCUT2D eigenvalue weighted by Crippen LogP contribution is 2.34. The molecule has 0 unspecified atom stereocenters. The minimum absolute atomic E-state index is 0.100. The number of ether oxygens (including phenoxy) is 1. The number of methoxy groups -OCH3 is 1. The van der Waals surface area contributed by atoms with Crippen LogP contribution in [0.4, 0.5) is 4.39 Å². The van der Waals surface area contributed by atoms with E-state index in [0.717, 1.165) is 0 Å². The molecule has 2 atom stereocenters. The van der Waals surface area contributed by atoms with Crippen LogP contribution < -0.4 is 10.1 Å². The second-order valence-corrected chi connectivity index (χ2v) is 8.83. The number of carboxylic acid groups (broad SMARTS) is 1. The van der Waals surface area contributed by atoms with Gasteiger partial charge in [0.25, 0.3) is 6.47 Å². The predicted molar refractivity (Wildman–Crippen MR) is 107 cm³/mol. The summed E-state index contributed by atoms with van der Waals surface area (Å²) in [5.74, 6) is -0.0755. The minimum Gasteiger partial charge on any atom is -0.496 e. The average Bonchev–Trinajstić information content (AvgIpc) is 3.26. The fraction of sp³-hybridized carbons (Fsp3) is 0.421. The van der Waals surface area contributed by atoms with Gasteiger partial charge in [0.05, 0.1) is 36.3 Å². The highest BCUT2D eigenvalue weighted by Gasteiger charge is 2.40. The molecule has 30 heavy (non-hydrogen) atoms. The summed E-state index contributed by atoms with van der Waals surface area (Å²) >= 11 is 0. The van der Waals surface area contributed by atoms with E-state index < -0.39 is 27.7 Å². The summed E-state index contributed by atoms with van der Waals surface area (Å²) in [6.45, 7) is 1.64. The van der Waals surface area contributed by atoms with Gasteiger partial charge in [-0.2, -0.15) is 0 Å². The van der Waals surface area contributed by atoms with Gasteiger partial charge in [0.2, 0.25) is 5.91 Å². The first-order chi connectivity index (χ1) is 14.3. The van der Waals surface area contributed by atoms with E-state index >= 15 is 0 Å². The highest BCUT2D eigenvalue weighted by molar-refractivity contribution is 7.91. The topological polar surface area (TPSA) is 128 Å². The summed E-state index contributed by atoms with van der Waals surface area (Å²) in [7, 11) is -1.88. The zero-order valence-electron chi connectivity index (χ0n) is 16.6. The molecule has 3 rings (SSSR count). The van der Waals surface area contributed by atoms with Crippen molar-refractivity contribution < 1.29 is 32.2 Å². The third-order valence-electron chi connectivity index (χ3n) is 4.58. The summed E-state index contributed by atoms with van der Waals surface area (Å²) in [6, 6.07) is 3.04. The number of carbonyl (C=O) groups is 2. The minimum atomic E-state index is -3.31. The maximum Gasteiger partial charge on any atom is 0.290 e. The highest BCUT2D eigenvalue weighted by atomic mass is 32.2. The molecule has 164 valence electrons. The molecule has 2 heterocycles. The van der Waals surface area contributed by atoms with Crippen LogP contribution in [0.5, 0.6) is 5.75 Å². The fourth-order valence-corrected chi connectivity index (χ4v) is 5.29. The van der Waals surface area contributed by atoms with Gasteiger partial charge < -0.3 is 19.7 Å². The van der Waals surface area contributed by atoms with Gasteiger partial charge in [-0.05, 0) is 18.6 Å². The van der Waals surface area contributed by atoms with E-state index in [-0.39, 0.29) is 23.9 Å². The second-order valence-electron chi connectivity index (χ2n) is 6.68. The van der Waals surface area contributed by atoms with E-state index in [2.05, 4.69) is 10.3 Å². The molecule has 1 aromatic carbocycles. The number of rotatable bonds is 6. The number of nitrogens with zero attached hydrogens (tertiary/aromatic N) is 2. The van der Waals surface area contributed by atoms with Gasteiger partial charge in [-0.3, -0.25) is 9.59 Å². The van der Waals surface area contributed by atoms with Gasteiger partial charge in [0.1, 0.15) is 17.4 Å². The number of hydrogen-bond donors (Lipinski definition) is 2. The lowest BCUT2D eigenvalue weighted by Crippen LogP contribution is -2.40. The number of aromatic nitrogens is 2. The monoisotopic (exact) mass is 441 g/mol. The van der Waals surface area contributed by atoms with Crippen molar-refractivity contribution in [3.63, 3.8) is 0 Å². The zero-order valence-corrected chi connectivity index (χ0v) is 17.4. The first kappa shape index (κ1) is 23.3. The molecule has 11 heteroatoms. The summed E-state index contributed by atoms with van der Waals surface area (Å²) in [5, 5.41) is 9.72. The van der Waals surface area contributed by atoms with Crippen molar-refractivity contribution in [1.29, 1.82) is 0 Å². The summed E-state index contributed by atoms with van der Waals surface area (Å²) in [5.41, 5.74) is 0.548. The van der Waals surface area contributed by atoms with Gasteiger partial charge in [0, 0.05) is 24.9 Å². The molecular weight excluding hydrogens is 417 g/mol. The number of halogens is 1. The Balaban J connectivity index is 0.00000101. The molecule has 1 aliphatic heterocycles. The van der Waals surface area contributed by atoms with Crippen LogP contribution in [0.25, 0.3) is 11.4 Å². The molecule has 1 saturated heterocycles. The van der Waals surface area contributed by atoms with Crippen molar-refractivity contribution in [2.75, 3.05) is 18.6 Å². The molecule has 0 radical (unpaired) electrons. The Morgan fingerprint density at radius 3 is 2.77 bits per heavy atom. The lowest BCUT2D eigenvalue weighted by molar-refractivity contribution is -0.123. The van der Waals surface area contributed by atoms with E-state index in [1.54, 1.807) is 23.0 Å². The van der Waals surface area contributed by atoms with E-state index in [1.165, 1.54) is 19.2 Å². The lowest BCUT2D eigenvalue weighted by atomic mass is 10.1.